The molecule has 1 aromatic carbocycles. The summed E-state index contributed by atoms with van der Waals surface area (Å²) in [6.07, 6.45) is 2.78. The largest absolute Gasteiger partial charge is 0.451 e. The molecule has 1 unspecified atom stereocenters. The van der Waals surface area contributed by atoms with E-state index in [9.17, 15) is 14.4 Å². The van der Waals surface area contributed by atoms with Gasteiger partial charge in [-0.2, -0.15) is 5.10 Å². The van der Waals surface area contributed by atoms with Crippen molar-refractivity contribution in [1.29, 1.82) is 0 Å². The Bertz CT molecular complexity index is 889. The second kappa shape index (κ2) is 10.0. The quantitative estimate of drug-likeness (QED) is 0.528. The number of rotatable bonds is 9. The maximum absolute atomic E-state index is 12.6. The molecule has 0 spiro atoms. The van der Waals surface area contributed by atoms with Crippen LogP contribution in [0.1, 0.15) is 57.4 Å². The number of unbranched alkanes of at least 4 members (excludes halogenated alkanes) is 2. The Morgan fingerprint density at radius 2 is 1.82 bits per heavy atom. The zero-order valence-electron chi connectivity index (χ0n) is 17.0. The van der Waals surface area contributed by atoms with E-state index in [0.29, 0.717) is 17.3 Å². The lowest BCUT2D eigenvalue weighted by molar-refractivity contribution is -0.125. The van der Waals surface area contributed by atoms with Gasteiger partial charge in [-0.15, -0.1) is 0 Å². The molecule has 7 heteroatoms. The molecule has 7 nitrogen and oxygen atoms in total. The van der Waals surface area contributed by atoms with E-state index in [1.165, 1.54) is 4.68 Å². The summed E-state index contributed by atoms with van der Waals surface area (Å²) in [5, 5.41) is 7.87. The van der Waals surface area contributed by atoms with E-state index in [2.05, 4.69) is 17.3 Å². The minimum absolute atomic E-state index is 0.0226. The zero-order chi connectivity index (χ0) is 20.7. The van der Waals surface area contributed by atoms with Gasteiger partial charge in [0.25, 0.3) is 11.5 Å². The molecule has 1 heterocycles. The molecule has 0 aliphatic heterocycles. The van der Waals surface area contributed by atoms with E-state index in [1.54, 1.807) is 24.3 Å². The Labute approximate surface area is 165 Å². The average molecular weight is 387 g/mol. The summed E-state index contributed by atoms with van der Waals surface area (Å²) in [5.41, 5.74) is -0.178. The van der Waals surface area contributed by atoms with Crippen LogP contribution in [-0.4, -0.2) is 34.3 Å². The fraction of sp³-hybridized carbons (Fsp3) is 0.524. The van der Waals surface area contributed by atoms with Gasteiger partial charge < -0.3 is 10.1 Å². The molecule has 1 amide bonds. The number of nitrogens with zero attached hydrogens (tertiary/aromatic N) is 2. The summed E-state index contributed by atoms with van der Waals surface area (Å²) >= 11 is 0. The van der Waals surface area contributed by atoms with Crippen LogP contribution in [0, 0.1) is 5.92 Å². The molecule has 2 rings (SSSR count). The van der Waals surface area contributed by atoms with E-state index >= 15 is 0 Å². The topological polar surface area (TPSA) is 90.3 Å². The van der Waals surface area contributed by atoms with E-state index in [1.807, 2.05) is 20.8 Å². The molecular formula is C21H29N3O4. The van der Waals surface area contributed by atoms with Crippen molar-refractivity contribution in [3.63, 3.8) is 0 Å². The Hall–Kier alpha value is -2.70. The number of ether oxygens (including phenoxy) is 1. The second-order valence-corrected chi connectivity index (χ2v) is 7.31. The van der Waals surface area contributed by atoms with Gasteiger partial charge in [0.05, 0.1) is 5.39 Å². The highest BCUT2D eigenvalue weighted by molar-refractivity contribution is 6.02. The number of hydrogen-bond acceptors (Lipinski definition) is 5. The van der Waals surface area contributed by atoms with Crippen LogP contribution in [0.5, 0.6) is 0 Å². The molecule has 1 aromatic heterocycles. The summed E-state index contributed by atoms with van der Waals surface area (Å²) < 4.78 is 6.49. The lowest BCUT2D eigenvalue weighted by Gasteiger charge is -2.17. The van der Waals surface area contributed by atoms with Crippen molar-refractivity contribution in [3.8, 4) is 0 Å². The highest BCUT2D eigenvalue weighted by atomic mass is 16.5. The number of hydrogen-bond donors (Lipinski definition) is 1. The van der Waals surface area contributed by atoms with Gasteiger partial charge in [0.1, 0.15) is 0 Å². The maximum atomic E-state index is 12.6. The first-order chi connectivity index (χ1) is 13.3. The third-order valence-corrected chi connectivity index (χ3v) is 4.76. The molecule has 28 heavy (non-hydrogen) atoms. The molecule has 0 saturated heterocycles. The monoisotopic (exact) mass is 387 g/mol. The molecule has 1 N–H and O–H groups in total. The molecule has 0 radical (unpaired) electrons. The molecule has 0 aliphatic carbocycles. The first-order valence-electron chi connectivity index (χ1n) is 9.81. The SMILES string of the molecule is CCCCCn1nc(C(=O)OCC(=O)NC(C)C(C)C)c2ccccc2c1=O. The van der Waals surface area contributed by atoms with Gasteiger partial charge >= 0.3 is 5.97 Å². The van der Waals surface area contributed by atoms with Crippen molar-refractivity contribution in [2.75, 3.05) is 6.61 Å². The first-order valence-corrected chi connectivity index (χ1v) is 9.81. The summed E-state index contributed by atoms with van der Waals surface area (Å²) in [4.78, 5) is 37.2. The molecule has 0 fully saturated rings. The van der Waals surface area contributed by atoms with Gasteiger partial charge in [-0.25, -0.2) is 9.48 Å². The van der Waals surface area contributed by atoms with Crippen molar-refractivity contribution in [2.45, 2.75) is 59.5 Å². The van der Waals surface area contributed by atoms with Crippen LogP contribution < -0.4 is 10.9 Å². The molecule has 0 bridgehead atoms. The zero-order valence-corrected chi connectivity index (χ0v) is 17.0. The molecule has 2 aromatic rings. The van der Waals surface area contributed by atoms with Gasteiger partial charge in [0, 0.05) is 18.0 Å². The standard InChI is InChI=1S/C21H29N3O4/c1-5-6-9-12-24-20(26)17-11-8-7-10-16(17)19(23-24)21(27)28-13-18(25)22-15(4)14(2)3/h7-8,10-11,14-15H,5-6,9,12-13H2,1-4H3,(H,22,25). The van der Waals surface area contributed by atoms with Gasteiger partial charge in [-0.05, 0) is 25.3 Å². The van der Waals surface area contributed by atoms with Crippen LogP contribution in [0.3, 0.4) is 0 Å². The van der Waals surface area contributed by atoms with Gasteiger partial charge in [-0.3, -0.25) is 9.59 Å². The fourth-order valence-electron chi connectivity index (χ4n) is 2.71. The van der Waals surface area contributed by atoms with Crippen molar-refractivity contribution in [2.24, 2.45) is 5.92 Å². The molecular weight excluding hydrogens is 358 g/mol. The minimum atomic E-state index is -0.715. The highest BCUT2D eigenvalue weighted by Crippen LogP contribution is 2.14. The van der Waals surface area contributed by atoms with Crippen molar-refractivity contribution >= 4 is 22.6 Å². The van der Waals surface area contributed by atoms with E-state index in [4.69, 9.17) is 4.74 Å². The normalized spacial score (nSPS) is 12.2. The van der Waals surface area contributed by atoms with Crippen LogP contribution in [0.25, 0.3) is 10.8 Å². The summed E-state index contributed by atoms with van der Waals surface area (Å²) in [6, 6.07) is 6.79. The summed E-state index contributed by atoms with van der Waals surface area (Å²) in [7, 11) is 0. The van der Waals surface area contributed by atoms with Crippen molar-refractivity contribution in [3.05, 3.63) is 40.3 Å². The number of carbonyl (C=O) groups excluding carboxylic acids is 2. The third-order valence-electron chi connectivity index (χ3n) is 4.76. The predicted octanol–water partition coefficient (Wildman–Crippen LogP) is 2.90. The first kappa shape index (κ1) is 21.6. The number of aromatic nitrogens is 2. The number of esters is 1. The van der Waals surface area contributed by atoms with E-state index < -0.39 is 5.97 Å². The van der Waals surface area contributed by atoms with Crippen LogP contribution in [0.2, 0.25) is 0 Å². The third kappa shape index (κ3) is 5.41. The van der Waals surface area contributed by atoms with Crippen LogP contribution in [0.4, 0.5) is 0 Å². The second-order valence-electron chi connectivity index (χ2n) is 7.31. The van der Waals surface area contributed by atoms with Crippen LogP contribution in [0.15, 0.2) is 29.1 Å². The number of aryl methyl sites for hydroxylation is 1. The number of fused-ring (bicyclic) bond motifs is 1. The lowest BCUT2D eigenvalue weighted by atomic mass is 10.1. The number of carbonyl (C=O) groups is 2. The molecule has 0 aliphatic rings. The average Bonchev–Trinajstić information content (AvgIpc) is 2.68. The molecule has 152 valence electrons. The number of benzene rings is 1. The van der Waals surface area contributed by atoms with Crippen LogP contribution in [-0.2, 0) is 16.1 Å². The molecule has 1 atom stereocenters. The van der Waals surface area contributed by atoms with Gasteiger partial charge in [0.2, 0.25) is 0 Å². The van der Waals surface area contributed by atoms with Gasteiger partial charge in [0.15, 0.2) is 12.3 Å². The summed E-state index contributed by atoms with van der Waals surface area (Å²) in [5.74, 6) is -0.806. The van der Waals surface area contributed by atoms with Crippen molar-refractivity contribution in [1.82, 2.24) is 15.1 Å². The fourth-order valence-corrected chi connectivity index (χ4v) is 2.71. The number of nitrogens with one attached hydrogen (secondary N) is 1. The minimum Gasteiger partial charge on any atom is -0.451 e. The Balaban J connectivity index is 2.22. The highest BCUT2D eigenvalue weighted by Gasteiger charge is 2.19. The lowest BCUT2D eigenvalue weighted by Crippen LogP contribution is -2.38. The van der Waals surface area contributed by atoms with Crippen molar-refractivity contribution < 1.29 is 14.3 Å². The number of amides is 1. The van der Waals surface area contributed by atoms with E-state index in [-0.39, 0.29) is 35.7 Å². The summed E-state index contributed by atoms with van der Waals surface area (Å²) in [6.45, 7) is 8.00. The Morgan fingerprint density at radius 3 is 2.46 bits per heavy atom. The van der Waals surface area contributed by atoms with Gasteiger partial charge in [-0.1, -0.05) is 51.8 Å². The Morgan fingerprint density at radius 1 is 1.14 bits per heavy atom. The van der Waals surface area contributed by atoms with Crippen LogP contribution >= 0.6 is 0 Å². The predicted molar refractivity (Wildman–Crippen MR) is 108 cm³/mol. The maximum Gasteiger partial charge on any atom is 0.359 e. The Kier molecular flexibility index (Phi) is 7.72. The van der Waals surface area contributed by atoms with E-state index in [0.717, 1.165) is 19.3 Å². The smallest absolute Gasteiger partial charge is 0.359 e. The molecule has 0 saturated carbocycles.